The van der Waals surface area contributed by atoms with Crippen molar-refractivity contribution < 1.29 is 35.1 Å². The van der Waals surface area contributed by atoms with Gasteiger partial charge in [-0.15, -0.1) is 0 Å². The number of carbonyl (C=O) groups is 2. The Morgan fingerprint density at radius 3 is 2.00 bits per heavy atom. The summed E-state index contributed by atoms with van der Waals surface area (Å²) < 4.78 is 0. The van der Waals surface area contributed by atoms with Crippen molar-refractivity contribution >= 4 is 11.9 Å². The fraction of sp³-hybridized carbons (Fsp3) is 0.667. The number of carbonyl (C=O) groups excluding carboxylic acids is 1. The Morgan fingerprint density at radius 2 is 1.79 bits per heavy atom. The lowest BCUT2D eigenvalue weighted by Gasteiger charge is -2.27. The maximum Gasteiger partial charge on any atom is 0.348 e. The molecule has 0 aromatic heterocycles. The summed E-state index contributed by atoms with van der Waals surface area (Å²) in [7, 11) is 0. The van der Waals surface area contributed by atoms with Crippen LogP contribution in [0.25, 0.3) is 0 Å². The van der Waals surface area contributed by atoms with Gasteiger partial charge in [0.15, 0.2) is 0 Å². The lowest BCUT2D eigenvalue weighted by molar-refractivity contribution is -0.187. The van der Waals surface area contributed by atoms with Crippen LogP contribution in [0.1, 0.15) is 0 Å². The van der Waals surface area contributed by atoms with E-state index in [0.29, 0.717) is 0 Å². The fourth-order valence-corrected chi connectivity index (χ4v) is 0.756. The van der Waals surface area contributed by atoms with E-state index in [9.17, 15) is 9.59 Å². The van der Waals surface area contributed by atoms with Crippen molar-refractivity contribution in [1.82, 2.24) is 0 Å². The first-order chi connectivity index (χ1) is 6.28. The molecule has 3 atom stereocenters. The molecule has 0 aromatic carbocycles. The van der Waals surface area contributed by atoms with Gasteiger partial charge in [-0.25, -0.2) is 4.79 Å². The van der Waals surface area contributed by atoms with Gasteiger partial charge in [0.2, 0.25) is 0 Å². The monoisotopic (exact) mass is 209 g/mol. The quantitative estimate of drug-likeness (QED) is 0.251. The Kier molecular flexibility index (Phi) is 3.95. The van der Waals surface area contributed by atoms with Gasteiger partial charge in [-0.1, -0.05) is 0 Å². The van der Waals surface area contributed by atoms with E-state index in [1.54, 1.807) is 0 Å². The number of hydrogen-bond donors (Lipinski definition) is 6. The second-order valence-electron chi connectivity index (χ2n) is 2.63. The Balaban J connectivity index is 5.02. The SMILES string of the molecule is NC(=O)[C@](O)(C(=O)O)[C@H](O)[C@H](O)CO. The zero-order valence-electron chi connectivity index (χ0n) is 6.99. The van der Waals surface area contributed by atoms with Crippen LogP contribution >= 0.6 is 0 Å². The van der Waals surface area contributed by atoms with Crippen LogP contribution in [0.3, 0.4) is 0 Å². The van der Waals surface area contributed by atoms with Crippen LogP contribution in [0, 0.1) is 0 Å². The molecule has 8 heteroatoms. The van der Waals surface area contributed by atoms with Crippen LogP contribution in [0.2, 0.25) is 0 Å². The number of rotatable bonds is 5. The smallest absolute Gasteiger partial charge is 0.348 e. The molecule has 0 heterocycles. The highest BCUT2D eigenvalue weighted by atomic mass is 16.4. The van der Waals surface area contributed by atoms with Crippen molar-refractivity contribution in [3.8, 4) is 0 Å². The first-order valence-corrected chi connectivity index (χ1v) is 3.51. The molecular weight excluding hydrogens is 198 g/mol. The van der Waals surface area contributed by atoms with Gasteiger partial charge >= 0.3 is 5.97 Å². The van der Waals surface area contributed by atoms with Gasteiger partial charge in [0.05, 0.1) is 6.61 Å². The summed E-state index contributed by atoms with van der Waals surface area (Å²) in [5.41, 5.74) is 1.23. The molecule has 7 N–H and O–H groups in total. The summed E-state index contributed by atoms with van der Waals surface area (Å²) in [6.45, 7) is -1.02. The second-order valence-corrected chi connectivity index (χ2v) is 2.63. The number of carboxylic acids is 1. The maximum absolute atomic E-state index is 10.6. The van der Waals surface area contributed by atoms with E-state index in [1.165, 1.54) is 0 Å². The van der Waals surface area contributed by atoms with Gasteiger partial charge in [0.25, 0.3) is 11.5 Å². The number of carboxylic acid groups (broad SMARTS) is 1. The van der Waals surface area contributed by atoms with E-state index in [1.807, 2.05) is 0 Å². The third-order valence-corrected chi connectivity index (χ3v) is 1.68. The molecule has 0 fully saturated rings. The number of aliphatic hydroxyl groups excluding tert-OH is 3. The summed E-state index contributed by atoms with van der Waals surface area (Å²) >= 11 is 0. The Bertz CT molecular complexity index is 226. The number of primary amides is 1. The van der Waals surface area contributed by atoms with Crippen molar-refractivity contribution in [3.63, 3.8) is 0 Å². The van der Waals surface area contributed by atoms with Crippen LogP contribution in [-0.2, 0) is 9.59 Å². The highest BCUT2D eigenvalue weighted by Crippen LogP contribution is 2.14. The normalized spacial score (nSPS) is 19.4. The Morgan fingerprint density at radius 1 is 1.36 bits per heavy atom. The van der Waals surface area contributed by atoms with Crippen LogP contribution < -0.4 is 5.73 Å². The third-order valence-electron chi connectivity index (χ3n) is 1.68. The largest absolute Gasteiger partial charge is 0.479 e. The van der Waals surface area contributed by atoms with Gasteiger partial charge in [0.1, 0.15) is 12.2 Å². The standard InChI is InChI=1S/C6H11NO7/c7-4(11)6(14,5(12)13)3(10)2(9)1-8/h2-3,8-10,14H,1H2,(H2,7,11)(H,12,13)/t2-,3-,6+/m1/s1. The van der Waals surface area contributed by atoms with Crippen molar-refractivity contribution in [2.24, 2.45) is 5.73 Å². The molecular formula is C6H11NO7. The molecule has 82 valence electrons. The topological polar surface area (TPSA) is 161 Å². The van der Waals surface area contributed by atoms with E-state index in [4.69, 9.17) is 25.5 Å². The molecule has 1 amide bonds. The summed E-state index contributed by atoms with van der Waals surface area (Å²) in [6.07, 6.45) is -4.38. The molecule has 0 aliphatic heterocycles. The highest BCUT2D eigenvalue weighted by Gasteiger charge is 2.52. The summed E-state index contributed by atoms with van der Waals surface area (Å²) in [6, 6.07) is 0. The van der Waals surface area contributed by atoms with E-state index >= 15 is 0 Å². The minimum Gasteiger partial charge on any atom is -0.479 e. The van der Waals surface area contributed by atoms with Gasteiger partial charge in [-0.05, 0) is 0 Å². The number of amides is 1. The first kappa shape index (κ1) is 12.8. The fourth-order valence-electron chi connectivity index (χ4n) is 0.756. The van der Waals surface area contributed by atoms with Gasteiger partial charge < -0.3 is 31.3 Å². The molecule has 0 saturated carbocycles. The van der Waals surface area contributed by atoms with Gasteiger partial charge in [0, 0.05) is 0 Å². The average Bonchev–Trinajstić information content (AvgIpc) is 2.13. The van der Waals surface area contributed by atoms with E-state index < -0.39 is 36.3 Å². The molecule has 0 unspecified atom stereocenters. The molecule has 0 spiro atoms. The third kappa shape index (κ3) is 1.99. The molecule has 0 bridgehead atoms. The molecule has 0 radical (unpaired) electrons. The summed E-state index contributed by atoms with van der Waals surface area (Å²) in [5.74, 6) is -3.84. The van der Waals surface area contributed by atoms with Gasteiger partial charge in [-0.2, -0.15) is 0 Å². The number of aliphatic hydroxyl groups is 4. The van der Waals surface area contributed by atoms with Gasteiger partial charge in [-0.3, -0.25) is 4.79 Å². The molecule has 0 rings (SSSR count). The summed E-state index contributed by atoms with van der Waals surface area (Å²) in [4.78, 5) is 21.0. The zero-order chi connectivity index (χ0) is 11.5. The molecule has 8 nitrogen and oxygen atoms in total. The Hall–Kier alpha value is -1.22. The Labute approximate surface area is 78.2 Å². The predicted molar refractivity (Wildman–Crippen MR) is 40.9 cm³/mol. The second kappa shape index (κ2) is 4.33. The minimum absolute atomic E-state index is 1.02. The zero-order valence-corrected chi connectivity index (χ0v) is 6.99. The molecule has 0 aromatic rings. The number of nitrogens with two attached hydrogens (primary N) is 1. The van der Waals surface area contributed by atoms with E-state index in [2.05, 4.69) is 5.73 Å². The van der Waals surface area contributed by atoms with Crippen LogP contribution in [0.15, 0.2) is 0 Å². The molecule has 0 aliphatic rings. The highest BCUT2D eigenvalue weighted by molar-refractivity contribution is 6.05. The van der Waals surface area contributed by atoms with Crippen molar-refractivity contribution in [1.29, 1.82) is 0 Å². The predicted octanol–water partition coefficient (Wildman–Crippen LogP) is -4.00. The average molecular weight is 209 g/mol. The van der Waals surface area contributed by atoms with Crippen LogP contribution in [0.4, 0.5) is 0 Å². The first-order valence-electron chi connectivity index (χ1n) is 3.51. The van der Waals surface area contributed by atoms with Crippen molar-refractivity contribution in [3.05, 3.63) is 0 Å². The molecule has 14 heavy (non-hydrogen) atoms. The molecule has 0 saturated heterocycles. The van der Waals surface area contributed by atoms with Crippen LogP contribution in [0.5, 0.6) is 0 Å². The lowest BCUT2D eigenvalue weighted by atomic mass is 9.92. The van der Waals surface area contributed by atoms with E-state index in [0.717, 1.165) is 0 Å². The molecule has 0 aliphatic carbocycles. The number of aliphatic carboxylic acids is 1. The maximum atomic E-state index is 10.6. The van der Waals surface area contributed by atoms with E-state index in [-0.39, 0.29) is 0 Å². The van der Waals surface area contributed by atoms with Crippen LogP contribution in [-0.4, -0.2) is 61.8 Å². The number of hydrogen-bond acceptors (Lipinski definition) is 6. The lowest BCUT2D eigenvalue weighted by Crippen LogP contribution is -2.63. The summed E-state index contributed by atoms with van der Waals surface area (Å²) in [5, 5.41) is 43.8. The minimum atomic E-state index is -3.32. The van der Waals surface area contributed by atoms with Crippen molar-refractivity contribution in [2.75, 3.05) is 6.61 Å². The van der Waals surface area contributed by atoms with Crippen molar-refractivity contribution in [2.45, 2.75) is 17.8 Å².